The monoisotopic (exact) mass is 346 g/mol. The number of likely N-dealkylation sites (tertiary alicyclic amines) is 1. The van der Waals surface area contributed by atoms with E-state index in [1.165, 1.54) is 6.42 Å². The van der Waals surface area contributed by atoms with Crippen molar-refractivity contribution in [3.8, 4) is 0 Å². The van der Waals surface area contributed by atoms with E-state index in [2.05, 4.69) is 14.8 Å². The molecule has 0 spiro atoms. The van der Waals surface area contributed by atoms with Gasteiger partial charge in [-0.2, -0.15) is 13.2 Å². The summed E-state index contributed by atoms with van der Waals surface area (Å²) in [6.07, 6.45) is -0.531. The summed E-state index contributed by atoms with van der Waals surface area (Å²) in [6.45, 7) is 2.38. The van der Waals surface area contributed by atoms with Gasteiger partial charge in [0.15, 0.2) is 0 Å². The third-order valence-corrected chi connectivity index (χ3v) is 4.94. The molecule has 2 aliphatic heterocycles. The van der Waals surface area contributed by atoms with Crippen LogP contribution in [0.15, 0.2) is 0 Å². The Labute approximate surface area is 139 Å². The van der Waals surface area contributed by atoms with Gasteiger partial charge >= 0.3 is 6.18 Å². The van der Waals surface area contributed by atoms with Crippen LogP contribution in [0, 0.1) is 0 Å². The van der Waals surface area contributed by atoms with Crippen LogP contribution < -0.4 is 0 Å². The molecule has 1 fully saturated rings. The lowest BCUT2D eigenvalue weighted by Crippen LogP contribution is -2.41. The topological polar surface area (TPSA) is 54.2 Å². The second-order valence-electron chi connectivity index (χ2n) is 7.01. The van der Waals surface area contributed by atoms with E-state index in [0.29, 0.717) is 6.54 Å². The molecule has 0 radical (unpaired) electrons. The normalized spacial score (nSPS) is 24.4. The van der Waals surface area contributed by atoms with Crippen molar-refractivity contribution < 1.29 is 18.3 Å². The van der Waals surface area contributed by atoms with Crippen LogP contribution in [-0.2, 0) is 13.0 Å². The number of aryl methyl sites for hydroxylation is 1. The molecule has 3 rings (SSSR count). The maximum absolute atomic E-state index is 12.4. The fourth-order valence-corrected chi connectivity index (χ4v) is 3.87. The summed E-state index contributed by atoms with van der Waals surface area (Å²) in [6, 6.07) is 0. The van der Waals surface area contributed by atoms with Crippen molar-refractivity contribution in [2.75, 3.05) is 19.6 Å². The maximum Gasteiger partial charge on any atom is 0.391 e. The highest BCUT2D eigenvalue weighted by Crippen LogP contribution is 2.29. The number of rotatable bonds is 4. The Morgan fingerprint density at radius 3 is 2.75 bits per heavy atom. The van der Waals surface area contributed by atoms with Crippen molar-refractivity contribution in [2.45, 2.75) is 69.7 Å². The summed E-state index contributed by atoms with van der Waals surface area (Å²) >= 11 is 0. The zero-order valence-electron chi connectivity index (χ0n) is 13.8. The van der Waals surface area contributed by atoms with Crippen molar-refractivity contribution in [3.63, 3.8) is 0 Å². The van der Waals surface area contributed by atoms with E-state index < -0.39 is 18.7 Å². The Balaban J connectivity index is 1.63. The van der Waals surface area contributed by atoms with Gasteiger partial charge in [-0.25, -0.2) is 0 Å². The number of aromatic nitrogens is 3. The molecule has 24 heavy (non-hydrogen) atoms. The summed E-state index contributed by atoms with van der Waals surface area (Å²) < 4.78 is 39.4. The molecular formula is C16H25F3N4O. The van der Waals surface area contributed by atoms with Crippen molar-refractivity contribution in [1.29, 1.82) is 0 Å². The molecular weight excluding hydrogens is 321 g/mol. The van der Waals surface area contributed by atoms with Gasteiger partial charge < -0.3 is 14.6 Å². The van der Waals surface area contributed by atoms with Gasteiger partial charge in [-0.15, -0.1) is 10.2 Å². The highest BCUT2D eigenvalue weighted by molar-refractivity contribution is 5.05. The van der Waals surface area contributed by atoms with Gasteiger partial charge in [0.25, 0.3) is 0 Å². The highest BCUT2D eigenvalue weighted by atomic mass is 19.4. The minimum atomic E-state index is -4.32. The van der Waals surface area contributed by atoms with E-state index in [4.69, 9.17) is 0 Å². The fourth-order valence-electron chi connectivity index (χ4n) is 3.87. The summed E-state index contributed by atoms with van der Waals surface area (Å²) in [7, 11) is 0. The van der Waals surface area contributed by atoms with E-state index in [9.17, 15) is 18.3 Å². The molecule has 8 heteroatoms. The molecule has 0 amide bonds. The highest BCUT2D eigenvalue weighted by Gasteiger charge is 2.33. The quantitative estimate of drug-likeness (QED) is 0.910. The first-order chi connectivity index (χ1) is 11.4. The first-order valence-corrected chi connectivity index (χ1v) is 8.81. The van der Waals surface area contributed by atoms with E-state index >= 15 is 0 Å². The Kier molecular flexibility index (Phi) is 5.44. The molecule has 0 bridgehead atoms. The largest absolute Gasteiger partial charge is 0.391 e. The van der Waals surface area contributed by atoms with Gasteiger partial charge in [-0.3, -0.25) is 0 Å². The minimum absolute atomic E-state index is 0.0665. The van der Waals surface area contributed by atoms with Gasteiger partial charge in [0.2, 0.25) is 0 Å². The lowest BCUT2D eigenvalue weighted by molar-refractivity contribution is -0.155. The summed E-state index contributed by atoms with van der Waals surface area (Å²) in [5.74, 6) is 2.20. The Morgan fingerprint density at radius 2 is 1.96 bits per heavy atom. The fraction of sp³-hybridized carbons (Fsp3) is 0.875. The molecule has 1 saturated heterocycles. The van der Waals surface area contributed by atoms with Gasteiger partial charge in [-0.1, -0.05) is 6.42 Å². The Morgan fingerprint density at radius 1 is 1.12 bits per heavy atom. The number of hydrogen-bond acceptors (Lipinski definition) is 4. The van der Waals surface area contributed by atoms with E-state index in [1.54, 1.807) is 0 Å². The molecule has 3 heterocycles. The maximum atomic E-state index is 12.4. The van der Waals surface area contributed by atoms with Crippen molar-refractivity contribution >= 4 is 0 Å². The van der Waals surface area contributed by atoms with E-state index in [1.807, 2.05) is 4.90 Å². The molecule has 2 unspecified atom stereocenters. The second-order valence-corrected chi connectivity index (χ2v) is 7.01. The molecule has 2 atom stereocenters. The van der Waals surface area contributed by atoms with E-state index in [-0.39, 0.29) is 12.5 Å². The van der Waals surface area contributed by atoms with Gasteiger partial charge in [-0.05, 0) is 32.2 Å². The predicted molar refractivity (Wildman–Crippen MR) is 82.7 cm³/mol. The zero-order chi connectivity index (χ0) is 17.2. The van der Waals surface area contributed by atoms with Crippen LogP contribution in [0.2, 0.25) is 0 Å². The van der Waals surface area contributed by atoms with Gasteiger partial charge in [0.05, 0.1) is 12.5 Å². The van der Waals surface area contributed by atoms with Crippen LogP contribution in [0.4, 0.5) is 13.2 Å². The molecule has 1 N–H and O–H groups in total. The summed E-state index contributed by atoms with van der Waals surface area (Å²) in [4.78, 5) is 1.93. The smallest absolute Gasteiger partial charge is 0.391 e. The summed E-state index contributed by atoms with van der Waals surface area (Å²) in [5, 5.41) is 18.4. The molecule has 1 aromatic rings. The number of aliphatic hydroxyl groups is 1. The lowest BCUT2D eigenvalue weighted by Gasteiger charge is -2.33. The number of halogens is 3. The number of alkyl halides is 3. The van der Waals surface area contributed by atoms with Crippen LogP contribution in [0.5, 0.6) is 0 Å². The molecule has 2 aliphatic rings. The average molecular weight is 346 g/mol. The SMILES string of the molecule is OC(CN1CCCC(c2nnc3n2CCCCC3)C1)CC(F)(F)F. The van der Waals surface area contributed by atoms with E-state index in [0.717, 1.165) is 56.8 Å². The van der Waals surface area contributed by atoms with Crippen LogP contribution >= 0.6 is 0 Å². The third kappa shape index (κ3) is 4.47. The van der Waals surface area contributed by atoms with Crippen LogP contribution in [0.25, 0.3) is 0 Å². The Bertz CT molecular complexity index is 546. The summed E-state index contributed by atoms with van der Waals surface area (Å²) in [5.41, 5.74) is 0. The van der Waals surface area contributed by atoms with Crippen LogP contribution in [0.1, 0.15) is 56.1 Å². The average Bonchev–Trinajstić information content (AvgIpc) is 2.74. The van der Waals surface area contributed by atoms with Crippen molar-refractivity contribution in [3.05, 3.63) is 11.6 Å². The number of β-amino-alcohol motifs (C(OH)–C–C–N with tert-alkyl or cyclic N) is 1. The van der Waals surface area contributed by atoms with Gasteiger partial charge in [0.1, 0.15) is 11.6 Å². The number of aliphatic hydroxyl groups excluding tert-OH is 1. The van der Waals surface area contributed by atoms with Crippen LogP contribution in [-0.4, -0.2) is 56.7 Å². The Hall–Kier alpha value is -1.15. The molecule has 0 aromatic carbocycles. The van der Waals surface area contributed by atoms with Crippen LogP contribution in [0.3, 0.4) is 0 Å². The number of hydrogen-bond donors (Lipinski definition) is 1. The van der Waals surface area contributed by atoms with Gasteiger partial charge in [0, 0.05) is 32.0 Å². The molecule has 1 aromatic heterocycles. The number of piperidine rings is 1. The van der Waals surface area contributed by atoms with Crippen molar-refractivity contribution in [2.24, 2.45) is 0 Å². The minimum Gasteiger partial charge on any atom is -0.391 e. The first-order valence-electron chi connectivity index (χ1n) is 8.81. The third-order valence-electron chi connectivity index (χ3n) is 4.94. The second kappa shape index (κ2) is 7.39. The standard InChI is InChI=1S/C16H25F3N4O/c17-16(18,19)9-13(24)11-22-7-4-5-12(10-22)15-21-20-14-6-2-1-3-8-23(14)15/h12-13,24H,1-11H2. The molecule has 136 valence electrons. The van der Waals surface area contributed by atoms with Crippen molar-refractivity contribution in [1.82, 2.24) is 19.7 Å². The molecule has 0 aliphatic carbocycles. The lowest BCUT2D eigenvalue weighted by atomic mass is 9.96. The predicted octanol–water partition coefficient (Wildman–Crippen LogP) is 2.50. The first kappa shape index (κ1) is 17.7. The number of fused-ring (bicyclic) bond motifs is 1. The molecule has 5 nitrogen and oxygen atoms in total. The molecule has 0 saturated carbocycles. The zero-order valence-corrected chi connectivity index (χ0v) is 13.8. The number of nitrogens with zero attached hydrogens (tertiary/aromatic N) is 4.